The van der Waals surface area contributed by atoms with Gasteiger partial charge in [-0.2, -0.15) is 0 Å². The molecule has 0 unspecified atom stereocenters. The second kappa shape index (κ2) is 4.80. The number of nitrogens with one attached hydrogen (secondary N) is 1. The summed E-state index contributed by atoms with van der Waals surface area (Å²) in [5.41, 5.74) is 2.69. The van der Waals surface area contributed by atoms with Gasteiger partial charge in [-0.1, -0.05) is 11.8 Å². The lowest BCUT2D eigenvalue weighted by molar-refractivity contribution is 0.102. The Morgan fingerprint density at radius 1 is 1.53 bits per heavy atom. The summed E-state index contributed by atoms with van der Waals surface area (Å²) in [6.45, 7) is 3.86. The number of Topliss-reactive ketones (excluding diaryl/α,β-unsaturated/α-hetero) is 1. The molecule has 0 spiro atoms. The van der Waals surface area contributed by atoms with E-state index in [2.05, 4.69) is 20.5 Å². The number of rotatable bonds is 5. The zero-order valence-corrected chi connectivity index (χ0v) is 11.7. The molecule has 1 N–H and O–H groups in total. The van der Waals surface area contributed by atoms with Crippen molar-refractivity contribution in [2.45, 2.75) is 37.9 Å². The molecule has 3 rings (SSSR count). The van der Waals surface area contributed by atoms with Gasteiger partial charge in [-0.15, -0.1) is 5.10 Å². The highest BCUT2D eigenvalue weighted by atomic mass is 32.2. The zero-order chi connectivity index (χ0) is 13.4. The van der Waals surface area contributed by atoms with E-state index in [4.69, 9.17) is 0 Å². The SMILES string of the molecule is Cc1cc(C(=O)CSc2nnnn2C2CC2)c(C)[nH]1. The van der Waals surface area contributed by atoms with Gasteiger partial charge in [-0.05, 0) is 43.2 Å². The number of carbonyl (C=O) groups is 1. The second-order valence-corrected chi connectivity index (χ2v) is 5.78. The highest BCUT2D eigenvalue weighted by Gasteiger charge is 2.28. The minimum atomic E-state index is 0.109. The normalized spacial score (nSPS) is 14.8. The van der Waals surface area contributed by atoms with Crippen molar-refractivity contribution in [2.75, 3.05) is 5.75 Å². The molecule has 0 saturated heterocycles. The van der Waals surface area contributed by atoms with Crippen LogP contribution in [0.5, 0.6) is 0 Å². The van der Waals surface area contributed by atoms with E-state index in [1.807, 2.05) is 24.6 Å². The van der Waals surface area contributed by atoms with E-state index in [9.17, 15) is 4.79 Å². The summed E-state index contributed by atoms with van der Waals surface area (Å²) in [6.07, 6.45) is 2.26. The van der Waals surface area contributed by atoms with Gasteiger partial charge in [0.15, 0.2) is 5.78 Å². The quantitative estimate of drug-likeness (QED) is 0.667. The van der Waals surface area contributed by atoms with Crippen LogP contribution in [-0.4, -0.2) is 36.7 Å². The van der Waals surface area contributed by atoms with Crippen molar-refractivity contribution in [1.29, 1.82) is 0 Å². The Labute approximate surface area is 115 Å². The molecule has 0 atom stereocenters. The van der Waals surface area contributed by atoms with Crippen LogP contribution in [0.15, 0.2) is 11.2 Å². The van der Waals surface area contributed by atoms with Crippen LogP contribution in [0.25, 0.3) is 0 Å². The first kappa shape index (κ1) is 12.4. The van der Waals surface area contributed by atoms with Gasteiger partial charge in [-0.25, -0.2) is 4.68 Å². The Hall–Kier alpha value is -1.63. The minimum absolute atomic E-state index is 0.109. The summed E-state index contributed by atoms with van der Waals surface area (Å²) in [6, 6.07) is 2.33. The topological polar surface area (TPSA) is 76.5 Å². The lowest BCUT2D eigenvalue weighted by atomic mass is 10.2. The maximum Gasteiger partial charge on any atom is 0.210 e. The molecule has 0 aromatic carbocycles. The third-order valence-corrected chi connectivity index (χ3v) is 4.07. The van der Waals surface area contributed by atoms with Crippen LogP contribution in [0.2, 0.25) is 0 Å². The Bertz CT molecular complexity index is 613. The van der Waals surface area contributed by atoms with E-state index < -0.39 is 0 Å². The van der Waals surface area contributed by atoms with E-state index in [-0.39, 0.29) is 5.78 Å². The van der Waals surface area contributed by atoms with Crippen LogP contribution in [0, 0.1) is 13.8 Å². The predicted octanol–water partition coefficient (Wildman–Crippen LogP) is 1.93. The first-order chi connectivity index (χ1) is 9.15. The van der Waals surface area contributed by atoms with Crippen LogP contribution in [0.1, 0.15) is 40.6 Å². The molecule has 0 bridgehead atoms. The number of hydrogen-bond donors (Lipinski definition) is 1. The lowest BCUT2D eigenvalue weighted by Gasteiger charge is -2.01. The molecule has 100 valence electrons. The van der Waals surface area contributed by atoms with E-state index in [1.54, 1.807) is 0 Å². The number of nitrogens with zero attached hydrogens (tertiary/aromatic N) is 4. The largest absolute Gasteiger partial charge is 0.362 e. The standard InChI is InChI=1S/C12H15N5OS/c1-7-5-10(8(2)13-7)11(18)6-19-12-14-15-16-17(12)9-3-4-9/h5,9,13H,3-4,6H2,1-2H3. The molecule has 0 aliphatic heterocycles. The van der Waals surface area contributed by atoms with Gasteiger partial charge < -0.3 is 4.98 Å². The minimum Gasteiger partial charge on any atom is -0.362 e. The number of hydrogen-bond acceptors (Lipinski definition) is 5. The smallest absolute Gasteiger partial charge is 0.210 e. The van der Waals surface area contributed by atoms with E-state index in [1.165, 1.54) is 11.8 Å². The number of carbonyl (C=O) groups excluding carboxylic acids is 1. The maximum absolute atomic E-state index is 12.2. The Kier molecular flexibility index (Phi) is 3.14. The van der Waals surface area contributed by atoms with Gasteiger partial charge in [0.1, 0.15) is 0 Å². The van der Waals surface area contributed by atoms with Gasteiger partial charge in [0.25, 0.3) is 0 Å². The maximum atomic E-state index is 12.2. The van der Waals surface area contributed by atoms with Crippen LogP contribution < -0.4 is 0 Å². The van der Waals surface area contributed by atoms with Crippen LogP contribution in [-0.2, 0) is 0 Å². The first-order valence-electron chi connectivity index (χ1n) is 6.25. The fraction of sp³-hybridized carbons (Fsp3) is 0.500. The molecular weight excluding hydrogens is 262 g/mol. The number of tetrazole rings is 1. The van der Waals surface area contributed by atoms with Gasteiger partial charge in [0.2, 0.25) is 5.16 Å². The molecule has 0 amide bonds. The molecule has 6 nitrogen and oxygen atoms in total. The van der Waals surface area contributed by atoms with E-state index >= 15 is 0 Å². The highest BCUT2D eigenvalue weighted by Crippen LogP contribution is 2.36. The molecular formula is C12H15N5OS. The lowest BCUT2D eigenvalue weighted by Crippen LogP contribution is -2.05. The second-order valence-electron chi connectivity index (χ2n) is 4.84. The summed E-state index contributed by atoms with van der Waals surface area (Å²) >= 11 is 1.41. The third-order valence-electron chi connectivity index (χ3n) is 3.14. The molecule has 1 saturated carbocycles. The predicted molar refractivity (Wildman–Crippen MR) is 71.4 cm³/mol. The first-order valence-corrected chi connectivity index (χ1v) is 7.24. The molecule has 19 heavy (non-hydrogen) atoms. The summed E-state index contributed by atoms with van der Waals surface area (Å²) in [4.78, 5) is 15.3. The third kappa shape index (κ3) is 2.56. The molecule has 2 aromatic rings. The number of aromatic nitrogens is 5. The molecule has 1 fully saturated rings. The molecule has 1 aliphatic rings. The van der Waals surface area contributed by atoms with Crippen LogP contribution in [0.3, 0.4) is 0 Å². The van der Waals surface area contributed by atoms with Gasteiger partial charge in [-0.3, -0.25) is 4.79 Å². The van der Waals surface area contributed by atoms with Gasteiger partial charge in [0.05, 0.1) is 11.8 Å². The van der Waals surface area contributed by atoms with Crippen molar-refractivity contribution >= 4 is 17.5 Å². The molecule has 2 aromatic heterocycles. The van der Waals surface area contributed by atoms with E-state index in [0.29, 0.717) is 11.8 Å². The summed E-state index contributed by atoms with van der Waals surface area (Å²) in [7, 11) is 0. The fourth-order valence-corrected chi connectivity index (χ4v) is 2.88. The average molecular weight is 277 g/mol. The number of thioether (sulfide) groups is 1. The van der Waals surface area contributed by atoms with Crippen LogP contribution in [0.4, 0.5) is 0 Å². The Balaban J connectivity index is 1.67. The van der Waals surface area contributed by atoms with E-state index in [0.717, 1.165) is 34.9 Å². The van der Waals surface area contributed by atoms with Crippen molar-refractivity contribution < 1.29 is 4.79 Å². The van der Waals surface area contributed by atoms with Crippen molar-refractivity contribution in [3.8, 4) is 0 Å². The van der Waals surface area contributed by atoms with Crippen molar-refractivity contribution in [2.24, 2.45) is 0 Å². The van der Waals surface area contributed by atoms with Gasteiger partial charge >= 0.3 is 0 Å². The highest BCUT2D eigenvalue weighted by molar-refractivity contribution is 7.99. The molecule has 7 heteroatoms. The summed E-state index contributed by atoms with van der Waals surface area (Å²) in [5, 5.41) is 12.4. The molecule has 2 heterocycles. The molecule has 1 aliphatic carbocycles. The fourth-order valence-electron chi connectivity index (χ4n) is 2.05. The Morgan fingerprint density at radius 3 is 2.95 bits per heavy atom. The molecule has 0 radical (unpaired) electrons. The van der Waals surface area contributed by atoms with Crippen molar-refractivity contribution in [1.82, 2.24) is 25.2 Å². The number of aryl methyl sites for hydroxylation is 2. The van der Waals surface area contributed by atoms with Crippen molar-refractivity contribution in [3.63, 3.8) is 0 Å². The van der Waals surface area contributed by atoms with Crippen molar-refractivity contribution in [3.05, 3.63) is 23.0 Å². The number of aromatic amines is 1. The number of ketones is 1. The average Bonchev–Trinajstić information content (AvgIpc) is 3.01. The van der Waals surface area contributed by atoms with Gasteiger partial charge in [0, 0.05) is 17.0 Å². The summed E-state index contributed by atoms with van der Waals surface area (Å²) in [5.74, 6) is 0.475. The van der Waals surface area contributed by atoms with Crippen LogP contribution >= 0.6 is 11.8 Å². The monoisotopic (exact) mass is 277 g/mol. The number of H-pyrrole nitrogens is 1. The summed E-state index contributed by atoms with van der Waals surface area (Å²) < 4.78 is 1.83. The Morgan fingerprint density at radius 2 is 2.32 bits per heavy atom. The zero-order valence-electron chi connectivity index (χ0n) is 10.9.